The number of hydrogen-bond donors (Lipinski definition) is 3. The molecule has 2 atom stereocenters. The van der Waals surface area contributed by atoms with Crippen molar-refractivity contribution in [3.05, 3.63) is 12.2 Å². The Balaban J connectivity index is 3.39. The largest absolute Gasteiger partial charge is 0.466 e. The Morgan fingerprint density at radius 3 is 1.01 bits per heavy atom. The summed E-state index contributed by atoms with van der Waals surface area (Å²) >= 11 is 0. The van der Waals surface area contributed by atoms with E-state index in [2.05, 4.69) is 19.2 Å². The summed E-state index contributed by atoms with van der Waals surface area (Å²) in [6, 6.07) is -0.629. The van der Waals surface area contributed by atoms with E-state index in [1.165, 1.54) is 276 Å². The first-order valence-corrected chi connectivity index (χ1v) is 30.5. The minimum absolute atomic E-state index is 0.0115. The number of ether oxygens (including phenoxy) is 1. The van der Waals surface area contributed by atoms with Crippen molar-refractivity contribution in [2.75, 3.05) is 13.2 Å². The van der Waals surface area contributed by atoms with E-state index in [1.807, 2.05) is 6.08 Å². The van der Waals surface area contributed by atoms with Gasteiger partial charge in [-0.2, -0.15) is 0 Å². The highest BCUT2D eigenvalue weighted by atomic mass is 16.5. The predicted octanol–water partition coefficient (Wildman–Crippen LogP) is 18.9. The lowest BCUT2D eigenvalue weighted by atomic mass is 10.0. The molecule has 67 heavy (non-hydrogen) atoms. The fourth-order valence-electron chi connectivity index (χ4n) is 9.64. The van der Waals surface area contributed by atoms with Crippen LogP contribution in [-0.4, -0.2) is 47.4 Å². The van der Waals surface area contributed by atoms with E-state index in [9.17, 15) is 19.8 Å². The molecule has 1 amide bonds. The van der Waals surface area contributed by atoms with Crippen LogP contribution in [0.4, 0.5) is 0 Å². The molecule has 0 saturated heterocycles. The maximum Gasteiger partial charge on any atom is 0.305 e. The summed E-state index contributed by atoms with van der Waals surface area (Å²) in [5.41, 5.74) is 0. The van der Waals surface area contributed by atoms with Crippen molar-refractivity contribution in [2.24, 2.45) is 0 Å². The Morgan fingerprint density at radius 1 is 0.403 bits per heavy atom. The molecule has 0 rings (SSSR count). The van der Waals surface area contributed by atoms with Crippen LogP contribution in [0, 0.1) is 0 Å². The molecule has 0 aliphatic rings. The molecule has 6 heteroatoms. The molecule has 0 aromatic heterocycles. The second-order valence-corrected chi connectivity index (χ2v) is 21.0. The Bertz CT molecular complexity index is 1000. The van der Waals surface area contributed by atoms with Gasteiger partial charge in [0.2, 0.25) is 5.91 Å². The maximum absolute atomic E-state index is 12.5. The zero-order chi connectivity index (χ0) is 48.6. The minimum atomic E-state index is -0.846. The van der Waals surface area contributed by atoms with Gasteiger partial charge in [-0.15, -0.1) is 0 Å². The van der Waals surface area contributed by atoms with Crippen LogP contribution in [0.2, 0.25) is 0 Å². The molecule has 2 unspecified atom stereocenters. The molecule has 0 aliphatic carbocycles. The first kappa shape index (κ1) is 65.6. The number of rotatable bonds is 57. The van der Waals surface area contributed by atoms with Crippen LogP contribution in [0.15, 0.2) is 12.2 Å². The smallest absolute Gasteiger partial charge is 0.305 e. The number of amides is 1. The third kappa shape index (κ3) is 53.8. The number of aliphatic hydroxyl groups excluding tert-OH is 2. The Labute approximate surface area is 419 Å². The number of allylic oxidation sites excluding steroid dienone is 1. The van der Waals surface area contributed by atoms with Gasteiger partial charge in [-0.3, -0.25) is 9.59 Å². The highest BCUT2D eigenvalue weighted by Gasteiger charge is 2.18. The van der Waals surface area contributed by atoms with Gasteiger partial charge in [0.25, 0.3) is 0 Å². The third-order valence-electron chi connectivity index (χ3n) is 14.3. The van der Waals surface area contributed by atoms with Crippen LogP contribution in [-0.2, 0) is 14.3 Å². The quantitative estimate of drug-likeness (QED) is 0.0321. The molecule has 0 spiro atoms. The number of carbonyl (C=O) groups excluding carboxylic acids is 2. The van der Waals surface area contributed by atoms with Gasteiger partial charge in [0.05, 0.1) is 25.4 Å². The van der Waals surface area contributed by atoms with Gasteiger partial charge in [-0.05, 0) is 32.1 Å². The Hall–Kier alpha value is -1.40. The van der Waals surface area contributed by atoms with Crippen LogP contribution in [0.25, 0.3) is 0 Å². The number of nitrogens with one attached hydrogen (secondary N) is 1. The normalized spacial score (nSPS) is 12.6. The zero-order valence-corrected chi connectivity index (χ0v) is 45.4. The molecule has 0 fully saturated rings. The first-order chi connectivity index (χ1) is 33.0. The number of carbonyl (C=O) groups is 2. The molecule has 0 saturated carbocycles. The van der Waals surface area contributed by atoms with Gasteiger partial charge in [-0.1, -0.05) is 309 Å². The fourth-order valence-corrected chi connectivity index (χ4v) is 9.64. The van der Waals surface area contributed by atoms with Crippen molar-refractivity contribution in [3.63, 3.8) is 0 Å². The van der Waals surface area contributed by atoms with Gasteiger partial charge in [0, 0.05) is 12.8 Å². The van der Waals surface area contributed by atoms with Crippen molar-refractivity contribution in [1.29, 1.82) is 0 Å². The van der Waals surface area contributed by atoms with E-state index in [0.717, 1.165) is 38.5 Å². The van der Waals surface area contributed by atoms with Crippen molar-refractivity contribution in [3.8, 4) is 0 Å². The second kappa shape index (κ2) is 57.2. The van der Waals surface area contributed by atoms with E-state index in [0.29, 0.717) is 19.4 Å². The average Bonchev–Trinajstić information content (AvgIpc) is 3.33. The monoisotopic (exact) mass is 946 g/mol. The number of hydrogen-bond acceptors (Lipinski definition) is 5. The molecule has 3 N–H and O–H groups in total. The lowest BCUT2D eigenvalue weighted by Crippen LogP contribution is -2.45. The highest BCUT2D eigenvalue weighted by molar-refractivity contribution is 5.76. The van der Waals surface area contributed by atoms with Crippen LogP contribution in [0.1, 0.15) is 341 Å². The van der Waals surface area contributed by atoms with Gasteiger partial charge in [-0.25, -0.2) is 0 Å². The van der Waals surface area contributed by atoms with Crippen LogP contribution in [0.3, 0.4) is 0 Å². The molecule has 0 aliphatic heterocycles. The van der Waals surface area contributed by atoms with Crippen molar-refractivity contribution >= 4 is 11.9 Å². The van der Waals surface area contributed by atoms with Crippen molar-refractivity contribution in [1.82, 2.24) is 5.32 Å². The van der Waals surface area contributed by atoms with Crippen LogP contribution >= 0.6 is 0 Å². The number of esters is 1. The Morgan fingerprint density at radius 2 is 0.687 bits per heavy atom. The van der Waals surface area contributed by atoms with Gasteiger partial charge < -0.3 is 20.3 Å². The van der Waals surface area contributed by atoms with E-state index >= 15 is 0 Å². The van der Waals surface area contributed by atoms with E-state index in [-0.39, 0.29) is 18.5 Å². The fraction of sp³-hybridized carbons (Fsp3) is 0.934. The lowest BCUT2D eigenvalue weighted by Gasteiger charge is -2.20. The summed E-state index contributed by atoms with van der Waals surface area (Å²) in [7, 11) is 0. The standard InChI is InChI=1S/C61H119NO5/c1-3-5-7-9-11-13-15-17-19-20-24-27-31-35-39-43-47-51-55-61(66)67-56-52-48-44-40-36-32-28-25-22-21-23-26-30-34-38-42-46-50-54-60(65)62-58(57-63)59(64)53-49-45-41-37-33-29-18-16-14-12-10-8-6-4-2/h49,53,58-59,63-64H,3-48,50-52,54-57H2,1-2H3,(H,62,65)/b53-49+. The van der Waals surface area contributed by atoms with E-state index in [1.54, 1.807) is 6.08 Å². The van der Waals surface area contributed by atoms with E-state index < -0.39 is 12.1 Å². The highest BCUT2D eigenvalue weighted by Crippen LogP contribution is 2.18. The summed E-state index contributed by atoms with van der Waals surface area (Å²) in [5.74, 6) is -0.0586. The predicted molar refractivity (Wildman–Crippen MR) is 292 cm³/mol. The average molecular weight is 947 g/mol. The second-order valence-electron chi connectivity index (χ2n) is 21.0. The zero-order valence-electron chi connectivity index (χ0n) is 45.4. The SMILES string of the molecule is CCCCCCCCCCCCCC/C=C/C(O)C(CO)NC(=O)CCCCCCCCCCCCCCCCCCCCOC(=O)CCCCCCCCCCCCCCCCCCCC. The molecule has 398 valence electrons. The molecule has 0 heterocycles. The van der Waals surface area contributed by atoms with Gasteiger partial charge >= 0.3 is 5.97 Å². The molecular formula is C61H119NO5. The summed E-state index contributed by atoms with van der Waals surface area (Å²) in [6.07, 6.45) is 68.1. The summed E-state index contributed by atoms with van der Waals surface area (Å²) in [4.78, 5) is 24.5. The van der Waals surface area contributed by atoms with Crippen molar-refractivity contribution in [2.45, 2.75) is 353 Å². The summed E-state index contributed by atoms with van der Waals surface area (Å²) < 4.78 is 5.50. The molecule has 0 radical (unpaired) electrons. The summed E-state index contributed by atoms with van der Waals surface area (Å²) in [5, 5.41) is 23.1. The lowest BCUT2D eigenvalue weighted by molar-refractivity contribution is -0.143. The molecule has 0 aromatic rings. The molecular weight excluding hydrogens is 827 g/mol. The molecule has 0 bridgehead atoms. The third-order valence-corrected chi connectivity index (χ3v) is 14.3. The number of aliphatic hydroxyl groups is 2. The Kier molecular flexibility index (Phi) is 56.0. The maximum atomic E-state index is 12.5. The van der Waals surface area contributed by atoms with Gasteiger partial charge in [0.1, 0.15) is 0 Å². The van der Waals surface area contributed by atoms with Gasteiger partial charge in [0.15, 0.2) is 0 Å². The minimum Gasteiger partial charge on any atom is -0.466 e. The van der Waals surface area contributed by atoms with Crippen molar-refractivity contribution < 1.29 is 24.5 Å². The number of unbranched alkanes of at least 4 members (excludes halogenated alkanes) is 46. The van der Waals surface area contributed by atoms with Crippen LogP contribution in [0.5, 0.6) is 0 Å². The first-order valence-electron chi connectivity index (χ1n) is 30.5. The summed E-state index contributed by atoms with van der Waals surface area (Å²) in [6.45, 7) is 4.92. The molecule has 0 aromatic carbocycles. The van der Waals surface area contributed by atoms with Crippen LogP contribution < -0.4 is 5.32 Å². The molecule has 6 nitrogen and oxygen atoms in total. The van der Waals surface area contributed by atoms with E-state index in [4.69, 9.17) is 4.74 Å². The topological polar surface area (TPSA) is 95.9 Å².